The fraction of sp³-hybridized carbons (Fsp3) is 0.176. The number of hydrogen-bond donors (Lipinski definition) is 2. The zero-order chi connectivity index (χ0) is 17.8. The molecule has 1 amide bonds. The van der Waals surface area contributed by atoms with E-state index in [1.165, 1.54) is 0 Å². The highest BCUT2D eigenvalue weighted by Gasteiger charge is 2.06. The summed E-state index contributed by atoms with van der Waals surface area (Å²) in [7, 11) is 0. The Morgan fingerprint density at radius 2 is 2.00 bits per heavy atom. The number of amides is 1. The van der Waals surface area contributed by atoms with E-state index < -0.39 is 0 Å². The number of carbonyl (C=O) groups is 1. The number of benzene rings is 2. The molecule has 2 N–H and O–H groups in total. The number of nitrogens with one attached hydrogen (secondary N) is 2. The van der Waals surface area contributed by atoms with Crippen LogP contribution in [-0.4, -0.2) is 32.7 Å². The van der Waals surface area contributed by atoms with Gasteiger partial charge >= 0.3 is 0 Å². The van der Waals surface area contributed by atoms with Gasteiger partial charge in [-0.1, -0.05) is 22.0 Å². The van der Waals surface area contributed by atoms with Crippen molar-refractivity contribution in [2.24, 2.45) is 0 Å². The Bertz CT molecular complexity index is 908. The second-order valence-corrected chi connectivity index (χ2v) is 6.41. The largest absolute Gasteiger partial charge is 0.376 e. The fourth-order valence-corrected chi connectivity index (χ4v) is 2.57. The first-order valence-corrected chi connectivity index (χ1v) is 8.47. The van der Waals surface area contributed by atoms with Gasteiger partial charge in [0.1, 0.15) is 0 Å². The molecule has 0 atom stereocenters. The molecule has 1 aromatic heterocycles. The normalized spacial score (nSPS) is 10.5. The van der Waals surface area contributed by atoms with Crippen LogP contribution in [-0.2, 0) is 4.79 Å². The number of tetrazole rings is 1. The molecular formula is C17H17BrN6O. The summed E-state index contributed by atoms with van der Waals surface area (Å²) in [4.78, 5) is 12.1. The molecule has 0 fully saturated rings. The van der Waals surface area contributed by atoms with E-state index in [0.29, 0.717) is 5.82 Å². The third kappa shape index (κ3) is 4.21. The lowest BCUT2D eigenvalue weighted by atomic mass is 10.2. The molecule has 128 valence electrons. The average Bonchev–Trinajstić information content (AvgIpc) is 3.03. The Morgan fingerprint density at radius 3 is 2.72 bits per heavy atom. The summed E-state index contributed by atoms with van der Waals surface area (Å²) in [6, 6.07) is 13.3. The lowest BCUT2D eigenvalue weighted by molar-refractivity contribution is -0.114. The third-order valence-electron chi connectivity index (χ3n) is 3.61. The SMILES string of the molecule is Cc1cc(NC(=O)CNc2cccc(-n3nnnc3C)c2)ccc1Br. The Labute approximate surface area is 153 Å². The van der Waals surface area contributed by atoms with Crippen molar-refractivity contribution < 1.29 is 4.79 Å². The van der Waals surface area contributed by atoms with Gasteiger partial charge in [-0.15, -0.1) is 5.10 Å². The van der Waals surface area contributed by atoms with E-state index in [0.717, 1.165) is 27.1 Å². The van der Waals surface area contributed by atoms with Crippen molar-refractivity contribution in [3.05, 3.63) is 58.3 Å². The average molecular weight is 401 g/mol. The Hall–Kier alpha value is -2.74. The van der Waals surface area contributed by atoms with E-state index in [1.54, 1.807) is 4.68 Å². The van der Waals surface area contributed by atoms with Gasteiger partial charge in [0.15, 0.2) is 5.82 Å². The molecule has 3 aromatic rings. The van der Waals surface area contributed by atoms with Crippen LogP contribution in [0.3, 0.4) is 0 Å². The van der Waals surface area contributed by atoms with Gasteiger partial charge in [0, 0.05) is 15.8 Å². The number of aromatic nitrogens is 4. The number of rotatable bonds is 5. The highest BCUT2D eigenvalue weighted by Crippen LogP contribution is 2.20. The van der Waals surface area contributed by atoms with Crippen LogP contribution < -0.4 is 10.6 Å². The summed E-state index contributed by atoms with van der Waals surface area (Å²) in [6.45, 7) is 3.96. The van der Waals surface area contributed by atoms with E-state index in [4.69, 9.17) is 0 Å². The summed E-state index contributed by atoms with van der Waals surface area (Å²) in [6.07, 6.45) is 0. The first kappa shape index (κ1) is 17.1. The highest BCUT2D eigenvalue weighted by atomic mass is 79.9. The predicted molar refractivity (Wildman–Crippen MR) is 99.9 cm³/mol. The monoisotopic (exact) mass is 400 g/mol. The highest BCUT2D eigenvalue weighted by molar-refractivity contribution is 9.10. The van der Waals surface area contributed by atoms with E-state index in [-0.39, 0.29) is 12.5 Å². The van der Waals surface area contributed by atoms with Crippen molar-refractivity contribution in [1.29, 1.82) is 0 Å². The molecule has 7 nitrogen and oxygen atoms in total. The molecule has 8 heteroatoms. The molecule has 0 aliphatic rings. The molecule has 0 saturated carbocycles. The van der Waals surface area contributed by atoms with E-state index in [1.807, 2.05) is 56.3 Å². The summed E-state index contributed by atoms with van der Waals surface area (Å²) >= 11 is 3.44. The number of aryl methyl sites for hydroxylation is 2. The number of anilines is 2. The second-order valence-electron chi connectivity index (χ2n) is 5.55. The van der Waals surface area contributed by atoms with Crippen LogP contribution >= 0.6 is 15.9 Å². The van der Waals surface area contributed by atoms with Gasteiger partial charge in [0.2, 0.25) is 5.91 Å². The van der Waals surface area contributed by atoms with Gasteiger partial charge < -0.3 is 10.6 Å². The van der Waals surface area contributed by atoms with Gasteiger partial charge in [0.05, 0.1) is 12.2 Å². The lowest BCUT2D eigenvalue weighted by Gasteiger charge is -2.10. The van der Waals surface area contributed by atoms with E-state index in [2.05, 4.69) is 42.1 Å². The fourth-order valence-electron chi connectivity index (χ4n) is 2.33. The molecule has 0 saturated heterocycles. The standard InChI is InChI=1S/C17H17BrN6O/c1-11-8-14(6-7-16(11)18)20-17(25)10-19-13-4-3-5-15(9-13)24-12(2)21-22-23-24/h3-9,19H,10H2,1-2H3,(H,20,25). The third-order valence-corrected chi connectivity index (χ3v) is 4.50. The first-order valence-electron chi connectivity index (χ1n) is 7.68. The predicted octanol–water partition coefficient (Wildman–Crippen LogP) is 3.09. The summed E-state index contributed by atoms with van der Waals surface area (Å²) in [5.74, 6) is 0.575. The molecule has 0 spiro atoms. The zero-order valence-electron chi connectivity index (χ0n) is 13.8. The van der Waals surface area contributed by atoms with Gasteiger partial charge in [-0.2, -0.15) is 4.68 Å². The maximum absolute atomic E-state index is 12.1. The summed E-state index contributed by atoms with van der Waals surface area (Å²) in [5.41, 5.74) is 3.48. The van der Waals surface area contributed by atoms with Gasteiger partial charge in [0.25, 0.3) is 0 Å². The molecule has 1 heterocycles. The van der Waals surface area contributed by atoms with Crippen molar-refractivity contribution in [3.8, 4) is 5.69 Å². The smallest absolute Gasteiger partial charge is 0.243 e. The zero-order valence-corrected chi connectivity index (χ0v) is 15.4. The molecule has 0 radical (unpaired) electrons. The quantitative estimate of drug-likeness (QED) is 0.687. The van der Waals surface area contributed by atoms with Crippen molar-refractivity contribution in [2.45, 2.75) is 13.8 Å². The van der Waals surface area contributed by atoms with Crippen LogP contribution in [0.5, 0.6) is 0 Å². The summed E-state index contributed by atoms with van der Waals surface area (Å²) in [5, 5.41) is 17.4. The van der Waals surface area contributed by atoms with Crippen LogP contribution in [0.1, 0.15) is 11.4 Å². The Morgan fingerprint density at radius 1 is 1.16 bits per heavy atom. The Kier molecular flexibility index (Phi) is 5.08. The number of nitrogens with zero attached hydrogens (tertiary/aromatic N) is 4. The van der Waals surface area contributed by atoms with Crippen LogP contribution in [0.25, 0.3) is 5.69 Å². The van der Waals surface area contributed by atoms with Crippen molar-refractivity contribution in [3.63, 3.8) is 0 Å². The molecular weight excluding hydrogens is 384 g/mol. The van der Waals surface area contributed by atoms with Crippen LogP contribution in [0.4, 0.5) is 11.4 Å². The minimum Gasteiger partial charge on any atom is -0.376 e. The number of halogens is 1. The number of carbonyl (C=O) groups excluding carboxylic acids is 1. The van der Waals surface area contributed by atoms with Gasteiger partial charge in [-0.05, 0) is 66.2 Å². The molecule has 0 aliphatic carbocycles. The van der Waals surface area contributed by atoms with Crippen molar-refractivity contribution in [1.82, 2.24) is 20.2 Å². The molecule has 0 unspecified atom stereocenters. The Balaban J connectivity index is 1.62. The molecule has 0 aliphatic heterocycles. The van der Waals surface area contributed by atoms with Crippen LogP contribution in [0.15, 0.2) is 46.9 Å². The minimum atomic E-state index is -0.120. The molecule has 2 aromatic carbocycles. The maximum Gasteiger partial charge on any atom is 0.243 e. The second kappa shape index (κ2) is 7.43. The molecule has 3 rings (SSSR count). The lowest BCUT2D eigenvalue weighted by Crippen LogP contribution is -2.21. The van der Waals surface area contributed by atoms with Crippen LogP contribution in [0.2, 0.25) is 0 Å². The van der Waals surface area contributed by atoms with E-state index in [9.17, 15) is 4.79 Å². The van der Waals surface area contributed by atoms with Gasteiger partial charge in [-0.3, -0.25) is 4.79 Å². The molecule has 25 heavy (non-hydrogen) atoms. The molecule has 0 bridgehead atoms. The minimum absolute atomic E-state index is 0.120. The number of hydrogen-bond acceptors (Lipinski definition) is 5. The summed E-state index contributed by atoms with van der Waals surface area (Å²) < 4.78 is 2.65. The van der Waals surface area contributed by atoms with E-state index >= 15 is 0 Å². The van der Waals surface area contributed by atoms with Gasteiger partial charge in [-0.25, -0.2) is 0 Å². The van der Waals surface area contributed by atoms with Crippen molar-refractivity contribution in [2.75, 3.05) is 17.2 Å². The van der Waals surface area contributed by atoms with Crippen LogP contribution in [0, 0.1) is 13.8 Å². The first-order chi connectivity index (χ1) is 12.0. The topological polar surface area (TPSA) is 84.7 Å². The van der Waals surface area contributed by atoms with Crippen molar-refractivity contribution >= 4 is 33.2 Å². The maximum atomic E-state index is 12.1.